The predicted molar refractivity (Wildman–Crippen MR) is 90.4 cm³/mol. The number of aromatic nitrogens is 2. The molecule has 0 spiro atoms. The third-order valence-electron chi connectivity index (χ3n) is 3.55. The molecule has 7 heteroatoms. The third-order valence-corrected chi connectivity index (χ3v) is 4.36. The number of rotatable bonds is 6. The van der Waals surface area contributed by atoms with Crippen LogP contribution < -0.4 is 0 Å². The van der Waals surface area contributed by atoms with Gasteiger partial charge in [0.15, 0.2) is 5.76 Å². The van der Waals surface area contributed by atoms with Crippen molar-refractivity contribution < 1.29 is 13.6 Å². The van der Waals surface area contributed by atoms with Gasteiger partial charge < -0.3 is 13.7 Å². The molecule has 0 saturated heterocycles. The molecule has 0 bridgehead atoms. The van der Waals surface area contributed by atoms with Crippen molar-refractivity contribution in [1.82, 2.24) is 15.1 Å². The molecule has 6 nitrogen and oxygen atoms in total. The summed E-state index contributed by atoms with van der Waals surface area (Å²) in [5, 5.41) is 8.17. The number of aryl methyl sites for hydroxylation is 1. The molecule has 2 heterocycles. The van der Waals surface area contributed by atoms with Crippen LogP contribution in [0, 0.1) is 6.92 Å². The second-order valence-corrected chi connectivity index (χ2v) is 6.24. The Morgan fingerprint density at radius 2 is 2.04 bits per heavy atom. The van der Waals surface area contributed by atoms with Gasteiger partial charge in [-0.25, -0.2) is 0 Å². The maximum atomic E-state index is 12.3. The van der Waals surface area contributed by atoms with Crippen molar-refractivity contribution in [2.75, 3.05) is 12.8 Å². The summed E-state index contributed by atoms with van der Waals surface area (Å²) in [6, 6.07) is 11.5. The average molecular weight is 343 g/mol. The fourth-order valence-electron chi connectivity index (χ4n) is 2.13. The van der Waals surface area contributed by atoms with Gasteiger partial charge in [-0.2, -0.15) is 0 Å². The third kappa shape index (κ3) is 3.86. The molecule has 0 unspecified atom stereocenters. The standard InChI is InChI=1S/C17H17N3O3S/c1-12-6-3-4-7-13(12)10-20(2)15(21)11-24-17-19-18-16(23-17)14-8-5-9-22-14/h3-9H,10-11H2,1-2H3. The molecule has 0 aliphatic carbocycles. The number of amides is 1. The zero-order valence-corrected chi connectivity index (χ0v) is 14.2. The van der Waals surface area contributed by atoms with Gasteiger partial charge in [-0.05, 0) is 30.2 Å². The molecule has 1 amide bonds. The second kappa shape index (κ2) is 7.35. The predicted octanol–water partition coefficient (Wildman–Crippen LogP) is 3.39. The molecule has 3 aromatic rings. The Hall–Kier alpha value is -2.54. The van der Waals surface area contributed by atoms with E-state index in [2.05, 4.69) is 10.2 Å². The lowest BCUT2D eigenvalue weighted by Crippen LogP contribution is -2.28. The summed E-state index contributed by atoms with van der Waals surface area (Å²) in [5.74, 6) is 1.06. The van der Waals surface area contributed by atoms with Crippen LogP contribution in [0.25, 0.3) is 11.7 Å². The fraction of sp³-hybridized carbons (Fsp3) is 0.235. The van der Waals surface area contributed by atoms with Gasteiger partial charge in [0.05, 0.1) is 12.0 Å². The average Bonchev–Trinajstić information content (AvgIpc) is 3.25. The quantitative estimate of drug-likeness (QED) is 0.639. The maximum Gasteiger partial charge on any atom is 0.284 e. The highest BCUT2D eigenvalue weighted by molar-refractivity contribution is 7.99. The zero-order chi connectivity index (χ0) is 16.9. The molecule has 2 aromatic heterocycles. The highest BCUT2D eigenvalue weighted by atomic mass is 32.2. The van der Waals surface area contributed by atoms with E-state index in [9.17, 15) is 4.79 Å². The maximum absolute atomic E-state index is 12.3. The van der Waals surface area contributed by atoms with Crippen LogP contribution in [-0.4, -0.2) is 33.8 Å². The number of carbonyl (C=O) groups is 1. The Labute approximate surface area is 143 Å². The van der Waals surface area contributed by atoms with E-state index in [-0.39, 0.29) is 11.7 Å². The molecule has 0 aliphatic rings. The molecule has 24 heavy (non-hydrogen) atoms. The van der Waals surface area contributed by atoms with E-state index in [0.29, 0.717) is 23.4 Å². The van der Waals surface area contributed by atoms with E-state index in [4.69, 9.17) is 8.83 Å². The van der Waals surface area contributed by atoms with Crippen molar-refractivity contribution in [2.24, 2.45) is 0 Å². The van der Waals surface area contributed by atoms with Crippen molar-refractivity contribution in [3.63, 3.8) is 0 Å². The first-order valence-electron chi connectivity index (χ1n) is 7.42. The number of nitrogens with zero attached hydrogens (tertiary/aromatic N) is 3. The van der Waals surface area contributed by atoms with Crippen molar-refractivity contribution >= 4 is 17.7 Å². The van der Waals surface area contributed by atoms with Crippen LogP contribution in [0.3, 0.4) is 0 Å². The molecule has 0 aliphatic heterocycles. The van der Waals surface area contributed by atoms with Crippen LogP contribution in [-0.2, 0) is 11.3 Å². The molecule has 3 rings (SSSR count). The van der Waals surface area contributed by atoms with Crippen LogP contribution in [0.4, 0.5) is 0 Å². The molecule has 0 N–H and O–H groups in total. The summed E-state index contributed by atoms with van der Waals surface area (Å²) in [6.45, 7) is 2.62. The molecule has 124 valence electrons. The molecule has 0 atom stereocenters. The molecule has 0 fully saturated rings. The topological polar surface area (TPSA) is 72.4 Å². The largest absolute Gasteiger partial charge is 0.459 e. The van der Waals surface area contributed by atoms with Gasteiger partial charge >= 0.3 is 0 Å². The summed E-state index contributed by atoms with van der Waals surface area (Å²) in [6.07, 6.45) is 1.54. The number of benzene rings is 1. The van der Waals surface area contributed by atoms with Crippen LogP contribution >= 0.6 is 11.8 Å². The van der Waals surface area contributed by atoms with Gasteiger partial charge in [-0.15, -0.1) is 10.2 Å². The molecular weight excluding hydrogens is 326 g/mol. The van der Waals surface area contributed by atoms with Gasteiger partial charge in [-0.1, -0.05) is 36.0 Å². The van der Waals surface area contributed by atoms with Gasteiger partial charge in [0.25, 0.3) is 11.1 Å². The SMILES string of the molecule is Cc1ccccc1CN(C)C(=O)CSc1nnc(-c2ccco2)o1. The van der Waals surface area contributed by atoms with E-state index in [1.54, 1.807) is 24.1 Å². The van der Waals surface area contributed by atoms with E-state index >= 15 is 0 Å². The minimum Gasteiger partial charge on any atom is -0.459 e. The highest BCUT2D eigenvalue weighted by Crippen LogP contribution is 2.23. The second-order valence-electron chi connectivity index (χ2n) is 5.32. The van der Waals surface area contributed by atoms with Gasteiger partial charge in [-0.3, -0.25) is 4.79 Å². The van der Waals surface area contributed by atoms with Gasteiger partial charge in [0, 0.05) is 13.6 Å². The lowest BCUT2D eigenvalue weighted by molar-refractivity contribution is -0.127. The minimum atomic E-state index is 0.000927. The Kier molecular flexibility index (Phi) is 5.00. The van der Waals surface area contributed by atoms with Gasteiger partial charge in [0.1, 0.15) is 0 Å². The number of furan rings is 1. The molecule has 1 aromatic carbocycles. The Morgan fingerprint density at radius 3 is 2.79 bits per heavy atom. The summed E-state index contributed by atoms with van der Waals surface area (Å²) < 4.78 is 10.7. The first-order valence-corrected chi connectivity index (χ1v) is 8.40. The first kappa shape index (κ1) is 16.3. The van der Waals surface area contributed by atoms with Crippen LogP contribution in [0.15, 0.2) is 56.7 Å². The summed E-state index contributed by atoms with van der Waals surface area (Å²) in [5.41, 5.74) is 2.31. The van der Waals surface area contributed by atoms with Crippen molar-refractivity contribution in [3.05, 3.63) is 53.8 Å². The summed E-state index contributed by atoms with van der Waals surface area (Å²) in [4.78, 5) is 14.0. The van der Waals surface area contributed by atoms with Crippen molar-refractivity contribution in [2.45, 2.75) is 18.7 Å². The van der Waals surface area contributed by atoms with E-state index in [0.717, 1.165) is 5.56 Å². The molecule has 0 radical (unpaired) electrons. The fourth-order valence-corrected chi connectivity index (χ4v) is 2.84. The Balaban J connectivity index is 1.54. The van der Waals surface area contributed by atoms with E-state index in [1.807, 2.05) is 31.2 Å². The summed E-state index contributed by atoms with van der Waals surface area (Å²) in [7, 11) is 1.79. The lowest BCUT2D eigenvalue weighted by Gasteiger charge is -2.17. The first-order chi connectivity index (χ1) is 11.6. The van der Waals surface area contributed by atoms with Gasteiger partial charge in [0.2, 0.25) is 5.91 Å². The zero-order valence-electron chi connectivity index (χ0n) is 13.4. The van der Waals surface area contributed by atoms with Crippen molar-refractivity contribution in [1.29, 1.82) is 0 Å². The number of carbonyl (C=O) groups excluding carboxylic acids is 1. The van der Waals surface area contributed by atoms with Crippen LogP contribution in [0.1, 0.15) is 11.1 Å². The Bertz CT molecular complexity index is 814. The summed E-state index contributed by atoms with van der Waals surface area (Å²) >= 11 is 1.22. The van der Waals surface area contributed by atoms with E-state index in [1.165, 1.54) is 23.6 Å². The van der Waals surface area contributed by atoms with Crippen molar-refractivity contribution in [3.8, 4) is 11.7 Å². The lowest BCUT2D eigenvalue weighted by atomic mass is 10.1. The smallest absolute Gasteiger partial charge is 0.284 e. The molecule has 0 saturated carbocycles. The minimum absolute atomic E-state index is 0.000927. The number of thioether (sulfide) groups is 1. The number of hydrogen-bond donors (Lipinski definition) is 0. The monoisotopic (exact) mass is 343 g/mol. The normalized spacial score (nSPS) is 10.8. The van der Waals surface area contributed by atoms with Crippen LogP contribution in [0.5, 0.6) is 0 Å². The van der Waals surface area contributed by atoms with E-state index < -0.39 is 0 Å². The number of hydrogen-bond acceptors (Lipinski definition) is 6. The highest BCUT2D eigenvalue weighted by Gasteiger charge is 2.15. The Morgan fingerprint density at radius 1 is 1.21 bits per heavy atom. The molecular formula is C17H17N3O3S. The van der Waals surface area contributed by atoms with Crippen LogP contribution in [0.2, 0.25) is 0 Å².